The summed E-state index contributed by atoms with van der Waals surface area (Å²) in [5, 5.41) is 0. The third-order valence-corrected chi connectivity index (χ3v) is 5.95. The lowest BCUT2D eigenvalue weighted by Gasteiger charge is -2.23. The van der Waals surface area contributed by atoms with Crippen molar-refractivity contribution in [2.75, 3.05) is 13.2 Å². The number of aromatic nitrogens is 2. The van der Waals surface area contributed by atoms with Gasteiger partial charge in [-0.25, -0.2) is 4.98 Å². The van der Waals surface area contributed by atoms with Gasteiger partial charge in [0, 0.05) is 6.54 Å². The third kappa shape index (κ3) is 3.91. The van der Waals surface area contributed by atoms with Gasteiger partial charge >= 0.3 is 0 Å². The summed E-state index contributed by atoms with van der Waals surface area (Å²) in [4.78, 5) is 23.0. The molecule has 1 aliphatic rings. The largest absolute Gasteiger partial charge is 0.484 e. The lowest BCUT2D eigenvalue weighted by atomic mass is 10.1. The number of nitrogens with zero attached hydrogens (tertiary/aromatic N) is 2. The fourth-order valence-corrected chi connectivity index (χ4v) is 4.30. The predicted octanol–water partition coefficient (Wildman–Crippen LogP) is 5.28. The van der Waals surface area contributed by atoms with Crippen molar-refractivity contribution in [1.29, 1.82) is 0 Å². The lowest BCUT2D eigenvalue weighted by Crippen LogP contribution is -2.34. The molecule has 3 aromatic carbocycles. The molecule has 1 aromatic heterocycles. The van der Waals surface area contributed by atoms with Crippen LogP contribution in [0, 0.1) is 6.92 Å². The summed E-state index contributed by atoms with van der Waals surface area (Å²) >= 11 is 0. The molecule has 0 radical (unpaired) electrons. The van der Waals surface area contributed by atoms with E-state index in [9.17, 15) is 4.79 Å². The van der Waals surface area contributed by atoms with Crippen molar-refractivity contribution < 1.29 is 9.53 Å². The topological polar surface area (TPSA) is 58.2 Å². The number of carbonyl (C=O) groups excluding carboxylic acids is 1. The standard InChI is InChI=1S/C26H25N3O2/c1-18-7-5-10-22-25(18)28-26(27-22)23-11-6-16-29(23)24(30)17-31-21-14-12-20(13-15-21)19-8-3-2-4-9-19/h2-5,7-10,12-15,23H,6,11,16-17H2,1H3,(H,27,28)/t23-/m0/s1. The average molecular weight is 412 g/mol. The molecule has 0 bridgehead atoms. The first kappa shape index (κ1) is 19.4. The van der Waals surface area contributed by atoms with Crippen LogP contribution >= 0.6 is 0 Å². The molecule has 5 heteroatoms. The second-order valence-electron chi connectivity index (χ2n) is 8.02. The van der Waals surface area contributed by atoms with Crippen molar-refractivity contribution in [2.45, 2.75) is 25.8 Å². The molecule has 1 aliphatic heterocycles. The normalized spacial score (nSPS) is 16.0. The summed E-state index contributed by atoms with van der Waals surface area (Å²) in [5.41, 5.74) is 5.42. The molecule has 1 fully saturated rings. The summed E-state index contributed by atoms with van der Waals surface area (Å²) < 4.78 is 5.81. The fraction of sp³-hybridized carbons (Fsp3) is 0.231. The van der Waals surface area contributed by atoms with E-state index in [1.165, 1.54) is 0 Å². The lowest BCUT2D eigenvalue weighted by molar-refractivity contribution is -0.134. The van der Waals surface area contributed by atoms with Crippen LogP contribution in [0.5, 0.6) is 5.75 Å². The number of amides is 1. The number of aryl methyl sites for hydroxylation is 1. The molecule has 1 saturated heterocycles. The van der Waals surface area contributed by atoms with Gasteiger partial charge in [0.05, 0.1) is 17.1 Å². The maximum absolute atomic E-state index is 12.9. The molecule has 0 unspecified atom stereocenters. The van der Waals surface area contributed by atoms with Crippen LogP contribution in [0.1, 0.15) is 30.3 Å². The van der Waals surface area contributed by atoms with Crippen molar-refractivity contribution in [1.82, 2.24) is 14.9 Å². The van der Waals surface area contributed by atoms with Gasteiger partial charge in [0.15, 0.2) is 6.61 Å². The summed E-state index contributed by atoms with van der Waals surface area (Å²) in [7, 11) is 0. The summed E-state index contributed by atoms with van der Waals surface area (Å²) in [6, 6.07) is 24.2. The second kappa shape index (κ2) is 8.26. The van der Waals surface area contributed by atoms with Crippen molar-refractivity contribution in [2.24, 2.45) is 0 Å². The van der Waals surface area contributed by atoms with Crippen molar-refractivity contribution in [3.63, 3.8) is 0 Å². The molecular formula is C26H25N3O2. The van der Waals surface area contributed by atoms with Crippen LogP contribution in [-0.2, 0) is 4.79 Å². The Morgan fingerprint density at radius 2 is 1.81 bits per heavy atom. The highest BCUT2D eigenvalue weighted by Crippen LogP contribution is 2.32. The van der Waals surface area contributed by atoms with Gasteiger partial charge in [-0.2, -0.15) is 0 Å². The first-order valence-corrected chi connectivity index (χ1v) is 10.7. The number of aromatic amines is 1. The van der Waals surface area contributed by atoms with Gasteiger partial charge in [-0.15, -0.1) is 0 Å². The Bertz CT molecular complexity index is 1200. The molecule has 0 spiro atoms. The maximum atomic E-state index is 12.9. The molecule has 0 aliphatic carbocycles. The number of H-pyrrole nitrogens is 1. The summed E-state index contributed by atoms with van der Waals surface area (Å²) in [6.45, 7) is 2.82. The van der Waals surface area contributed by atoms with Crippen LogP contribution in [0.4, 0.5) is 0 Å². The molecule has 31 heavy (non-hydrogen) atoms. The van der Waals surface area contributed by atoms with Crippen molar-refractivity contribution in [3.05, 3.63) is 84.2 Å². The quantitative estimate of drug-likeness (QED) is 0.486. The number of hydrogen-bond acceptors (Lipinski definition) is 3. The fourth-order valence-electron chi connectivity index (χ4n) is 4.30. The number of nitrogens with one attached hydrogen (secondary N) is 1. The van der Waals surface area contributed by atoms with E-state index in [0.717, 1.165) is 52.9 Å². The number of fused-ring (bicyclic) bond motifs is 1. The zero-order chi connectivity index (χ0) is 21.2. The number of ether oxygens (including phenoxy) is 1. The van der Waals surface area contributed by atoms with Gasteiger partial charge in [0.1, 0.15) is 11.6 Å². The van der Waals surface area contributed by atoms with Gasteiger partial charge in [0.2, 0.25) is 0 Å². The second-order valence-corrected chi connectivity index (χ2v) is 8.02. The Kier molecular flexibility index (Phi) is 5.16. The van der Waals surface area contributed by atoms with Crippen molar-refractivity contribution >= 4 is 16.9 Å². The van der Waals surface area contributed by atoms with Crippen LogP contribution in [0.25, 0.3) is 22.2 Å². The Morgan fingerprint density at radius 3 is 2.58 bits per heavy atom. The van der Waals surface area contributed by atoms with E-state index in [1.807, 2.05) is 59.5 Å². The van der Waals surface area contributed by atoms with Crippen LogP contribution in [0.15, 0.2) is 72.8 Å². The minimum Gasteiger partial charge on any atom is -0.484 e. The molecule has 5 rings (SSSR count). The highest BCUT2D eigenvalue weighted by molar-refractivity contribution is 5.80. The van der Waals surface area contributed by atoms with Crippen LogP contribution in [0.2, 0.25) is 0 Å². The highest BCUT2D eigenvalue weighted by atomic mass is 16.5. The zero-order valence-electron chi connectivity index (χ0n) is 17.5. The van der Waals surface area contributed by atoms with Gasteiger partial charge in [-0.1, -0.05) is 54.6 Å². The molecule has 1 amide bonds. The van der Waals surface area contributed by atoms with Gasteiger partial charge in [-0.05, 0) is 54.7 Å². The predicted molar refractivity (Wildman–Crippen MR) is 122 cm³/mol. The Hall–Kier alpha value is -3.60. The Labute approximate surface area is 181 Å². The third-order valence-electron chi connectivity index (χ3n) is 5.95. The number of carbonyl (C=O) groups is 1. The summed E-state index contributed by atoms with van der Waals surface area (Å²) in [5.74, 6) is 1.55. The van der Waals surface area contributed by atoms with Gasteiger partial charge < -0.3 is 14.6 Å². The molecule has 0 saturated carbocycles. The number of rotatable bonds is 5. The molecule has 4 aromatic rings. The monoisotopic (exact) mass is 411 g/mol. The van der Waals surface area contributed by atoms with E-state index in [2.05, 4.69) is 30.1 Å². The minimum atomic E-state index is -0.0247. The number of benzene rings is 3. The van der Waals surface area contributed by atoms with E-state index < -0.39 is 0 Å². The molecule has 1 atom stereocenters. The molecule has 5 nitrogen and oxygen atoms in total. The number of para-hydroxylation sites is 1. The van der Waals surface area contributed by atoms with Crippen molar-refractivity contribution in [3.8, 4) is 16.9 Å². The first-order chi connectivity index (χ1) is 15.2. The highest BCUT2D eigenvalue weighted by Gasteiger charge is 2.32. The SMILES string of the molecule is Cc1cccc2[nH]c([C@@H]3CCCN3C(=O)COc3ccc(-c4ccccc4)cc3)nc12. The Morgan fingerprint density at radius 1 is 1.03 bits per heavy atom. The first-order valence-electron chi connectivity index (χ1n) is 10.7. The number of imidazole rings is 1. The average Bonchev–Trinajstić information content (AvgIpc) is 3.46. The van der Waals surface area contributed by atoms with Gasteiger partial charge in [0.25, 0.3) is 5.91 Å². The Balaban J connectivity index is 1.26. The minimum absolute atomic E-state index is 0.00758. The zero-order valence-corrected chi connectivity index (χ0v) is 17.5. The molecule has 2 heterocycles. The van der Waals surface area contributed by atoms with Crippen LogP contribution in [-0.4, -0.2) is 33.9 Å². The summed E-state index contributed by atoms with van der Waals surface area (Å²) in [6.07, 6.45) is 1.88. The molecular weight excluding hydrogens is 386 g/mol. The number of hydrogen-bond donors (Lipinski definition) is 1. The number of likely N-dealkylation sites (tertiary alicyclic amines) is 1. The maximum Gasteiger partial charge on any atom is 0.261 e. The van der Waals surface area contributed by atoms with Crippen LogP contribution < -0.4 is 4.74 Å². The van der Waals surface area contributed by atoms with E-state index in [-0.39, 0.29) is 18.6 Å². The van der Waals surface area contributed by atoms with Gasteiger partial charge in [-0.3, -0.25) is 4.79 Å². The van der Waals surface area contributed by atoms with E-state index >= 15 is 0 Å². The molecule has 156 valence electrons. The smallest absolute Gasteiger partial charge is 0.261 e. The molecule has 1 N–H and O–H groups in total. The van der Waals surface area contributed by atoms with E-state index in [4.69, 9.17) is 9.72 Å². The van der Waals surface area contributed by atoms with E-state index in [0.29, 0.717) is 5.75 Å². The van der Waals surface area contributed by atoms with Crippen LogP contribution in [0.3, 0.4) is 0 Å². The van der Waals surface area contributed by atoms with E-state index in [1.54, 1.807) is 0 Å².